The number of hydrogen-bond donors (Lipinski definition) is 6. The molecule has 0 aromatic rings. The maximum absolute atomic E-state index is 11.3. The van der Waals surface area contributed by atoms with Crippen LogP contribution in [0.1, 0.15) is 13.8 Å². The maximum Gasteiger partial charge on any atom is 0.434 e. The molecule has 5 atom stereocenters. The van der Waals surface area contributed by atoms with E-state index in [1.807, 2.05) is 0 Å². The lowest BCUT2D eigenvalue weighted by Gasteiger charge is -2.24. The average molecular weight is 270 g/mol. The van der Waals surface area contributed by atoms with Crippen LogP contribution in [0, 0.1) is 0 Å². The second-order valence-electron chi connectivity index (χ2n) is 4.08. The Morgan fingerprint density at radius 2 is 1.53 bits per heavy atom. The number of aliphatic hydroxyl groups is 5. The van der Waals surface area contributed by atoms with Gasteiger partial charge in [-0.1, -0.05) is 4.57 Å². The van der Waals surface area contributed by atoms with Crippen LogP contribution in [0.2, 0.25) is 0 Å². The summed E-state index contributed by atoms with van der Waals surface area (Å²) in [5.74, 6) is 0. The van der Waals surface area contributed by atoms with Crippen LogP contribution in [0.25, 0.3) is 0 Å². The fourth-order valence-electron chi connectivity index (χ4n) is 1.05. The third kappa shape index (κ3) is 5.83. The van der Waals surface area contributed by atoms with Crippen molar-refractivity contribution < 1.29 is 30.1 Å². The van der Waals surface area contributed by atoms with Gasteiger partial charge in [-0.25, -0.2) is 0 Å². The molecule has 0 saturated heterocycles. The fourth-order valence-corrected chi connectivity index (χ4v) is 1.78. The van der Waals surface area contributed by atoms with Crippen LogP contribution in [-0.2, 0) is 4.57 Å². The van der Waals surface area contributed by atoms with Crippen LogP contribution in [0.15, 0.2) is 0 Å². The highest BCUT2D eigenvalue weighted by molar-refractivity contribution is 7.43. The van der Waals surface area contributed by atoms with E-state index in [-0.39, 0.29) is 12.2 Å². The molecular formula is C9H21NO6P+. The van der Waals surface area contributed by atoms with Crippen LogP contribution in [0.3, 0.4) is 0 Å². The van der Waals surface area contributed by atoms with E-state index in [0.29, 0.717) is 0 Å². The number of hydrogen-bond acceptors (Lipinski definition) is 6. The van der Waals surface area contributed by atoms with Gasteiger partial charge in [0.2, 0.25) is 0 Å². The fraction of sp³-hybridized carbons (Fsp3) is 1.00. The van der Waals surface area contributed by atoms with E-state index < -0.39 is 39.0 Å². The minimum Gasteiger partial charge on any atom is -0.394 e. The highest BCUT2D eigenvalue weighted by Gasteiger charge is 2.32. The Hall–Kier alpha value is -0.140. The summed E-state index contributed by atoms with van der Waals surface area (Å²) in [6.45, 7) is 2.57. The van der Waals surface area contributed by atoms with Gasteiger partial charge in [0.15, 0.2) is 5.66 Å². The second-order valence-corrected chi connectivity index (χ2v) is 6.08. The highest BCUT2D eigenvalue weighted by Crippen LogP contribution is 2.21. The summed E-state index contributed by atoms with van der Waals surface area (Å²) in [5, 5.41) is 48.4. The molecule has 7 nitrogen and oxygen atoms in total. The van der Waals surface area contributed by atoms with Gasteiger partial charge in [0.1, 0.15) is 18.3 Å². The summed E-state index contributed by atoms with van der Waals surface area (Å²) >= 11 is 0. The van der Waals surface area contributed by atoms with Crippen molar-refractivity contribution in [1.82, 2.24) is 5.09 Å². The van der Waals surface area contributed by atoms with Gasteiger partial charge in [-0.2, -0.15) is 0 Å². The van der Waals surface area contributed by atoms with Crippen molar-refractivity contribution in [1.29, 1.82) is 0 Å². The third-order valence-corrected chi connectivity index (χ3v) is 3.68. The van der Waals surface area contributed by atoms with Crippen molar-refractivity contribution in [2.45, 2.75) is 43.9 Å². The SMILES string of the molecule is CC(C)[P+](=O)NC[C@H](O)[C@@H](O)[C@H](O)[C@H](O)CO. The molecule has 0 fully saturated rings. The summed E-state index contributed by atoms with van der Waals surface area (Å²) in [4.78, 5) is 0. The zero-order valence-corrected chi connectivity index (χ0v) is 10.8. The Morgan fingerprint density at radius 1 is 1.06 bits per heavy atom. The van der Waals surface area contributed by atoms with Gasteiger partial charge in [0, 0.05) is 0 Å². The number of nitrogens with one attached hydrogen (secondary N) is 1. The van der Waals surface area contributed by atoms with Crippen LogP contribution in [0.4, 0.5) is 0 Å². The molecule has 8 heteroatoms. The molecule has 0 amide bonds. The lowest BCUT2D eigenvalue weighted by atomic mass is 10.0. The van der Waals surface area contributed by atoms with E-state index in [2.05, 4.69) is 5.09 Å². The smallest absolute Gasteiger partial charge is 0.394 e. The molecule has 17 heavy (non-hydrogen) atoms. The largest absolute Gasteiger partial charge is 0.434 e. The van der Waals surface area contributed by atoms with Crippen molar-refractivity contribution in [2.24, 2.45) is 0 Å². The molecular weight excluding hydrogens is 249 g/mol. The summed E-state index contributed by atoms with van der Waals surface area (Å²) in [7, 11) is -1.70. The van der Waals surface area contributed by atoms with Gasteiger partial charge < -0.3 is 25.5 Å². The molecule has 0 aromatic carbocycles. The second kappa shape index (κ2) is 8.05. The minimum atomic E-state index is -1.70. The van der Waals surface area contributed by atoms with Crippen molar-refractivity contribution in [3.05, 3.63) is 0 Å². The summed E-state index contributed by atoms with van der Waals surface area (Å²) in [5.41, 5.74) is -0.109. The van der Waals surface area contributed by atoms with E-state index >= 15 is 0 Å². The predicted molar refractivity (Wildman–Crippen MR) is 61.9 cm³/mol. The van der Waals surface area contributed by atoms with Gasteiger partial charge in [0.05, 0.1) is 19.3 Å². The lowest BCUT2D eigenvalue weighted by molar-refractivity contribution is -0.113. The van der Waals surface area contributed by atoms with Crippen molar-refractivity contribution in [3.63, 3.8) is 0 Å². The van der Waals surface area contributed by atoms with Crippen LogP contribution < -0.4 is 5.09 Å². The van der Waals surface area contributed by atoms with Crippen LogP contribution in [0.5, 0.6) is 0 Å². The van der Waals surface area contributed by atoms with Gasteiger partial charge in [-0.15, -0.1) is 5.09 Å². The number of aliphatic hydroxyl groups excluding tert-OH is 5. The Bertz CT molecular complexity index is 240. The molecule has 0 aliphatic heterocycles. The van der Waals surface area contributed by atoms with Crippen LogP contribution in [-0.4, -0.2) is 68.8 Å². The lowest BCUT2D eigenvalue weighted by Crippen LogP contribution is -2.48. The zero-order valence-electron chi connectivity index (χ0n) is 9.89. The topological polar surface area (TPSA) is 130 Å². The molecule has 0 radical (unpaired) electrons. The molecule has 102 valence electrons. The first-order chi connectivity index (χ1) is 7.81. The first kappa shape index (κ1) is 16.9. The molecule has 0 aliphatic rings. The standard InChI is InChI=1S/C9H21NO6P/c1-5(2)17(16)10-3-6(12)8(14)9(15)7(13)4-11/h5-9,11-15H,3-4H2,1-2H3,(H,10,16)/q+1/t6-,7+,8+,9+/m0/s1. The van der Waals surface area contributed by atoms with Crippen molar-refractivity contribution in [2.75, 3.05) is 13.2 Å². The molecule has 0 heterocycles. The average Bonchev–Trinajstić information content (AvgIpc) is 2.32. The Morgan fingerprint density at radius 3 is 1.94 bits per heavy atom. The number of rotatable bonds is 8. The van der Waals surface area contributed by atoms with Gasteiger partial charge in [0.25, 0.3) is 0 Å². The normalized spacial score (nSPS) is 19.9. The maximum atomic E-state index is 11.3. The Kier molecular flexibility index (Phi) is 7.98. The Balaban J connectivity index is 4.13. The Labute approximate surface area is 101 Å². The van der Waals surface area contributed by atoms with E-state index in [0.717, 1.165) is 0 Å². The molecule has 0 rings (SSSR count). The molecule has 0 aliphatic carbocycles. The quantitative estimate of drug-likeness (QED) is 0.286. The molecule has 0 spiro atoms. The van der Waals surface area contributed by atoms with E-state index in [4.69, 9.17) is 10.2 Å². The highest BCUT2D eigenvalue weighted by atomic mass is 31.1. The third-order valence-electron chi connectivity index (χ3n) is 2.25. The molecule has 6 N–H and O–H groups in total. The van der Waals surface area contributed by atoms with Crippen molar-refractivity contribution in [3.8, 4) is 0 Å². The summed E-state index contributed by atoms with van der Waals surface area (Å²) in [6.07, 6.45) is -6.20. The summed E-state index contributed by atoms with van der Waals surface area (Å²) in [6, 6.07) is 0. The van der Waals surface area contributed by atoms with E-state index in [1.165, 1.54) is 0 Å². The molecule has 0 bridgehead atoms. The minimum absolute atomic E-state index is 0.109. The van der Waals surface area contributed by atoms with Crippen molar-refractivity contribution >= 4 is 7.95 Å². The monoisotopic (exact) mass is 270 g/mol. The molecule has 0 aromatic heterocycles. The van der Waals surface area contributed by atoms with Crippen LogP contribution >= 0.6 is 7.95 Å². The van der Waals surface area contributed by atoms with Gasteiger partial charge in [-0.05, 0) is 13.8 Å². The van der Waals surface area contributed by atoms with Gasteiger partial charge in [-0.3, -0.25) is 0 Å². The van der Waals surface area contributed by atoms with Gasteiger partial charge >= 0.3 is 7.95 Å². The predicted octanol–water partition coefficient (Wildman–Crippen LogP) is -1.84. The first-order valence-corrected chi connectivity index (χ1v) is 6.67. The zero-order chi connectivity index (χ0) is 13.6. The van der Waals surface area contributed by atoms with E-state index in [9.17, 15) is 19.9 Å². The molecule has 1 unspecified atom stereocenters. The summed E-state index contributed by atoms with van der Waals surface area (Å²) < 4.78 is 11.3. The first-order valence-electron chi connectivity index (χ1n) is 5.34. The molecule has 0 saturated carbocycles. The van der Waals surface area contributed by atoms with E-state index in [1.54, 1.807) is 13.8 Å².